The maximum absolute atomic E-state index is 12.1. The van der Waals surface area contributed by atoms with Gasteiger partial charge in [0.25, 0.3) is 5.91 Å². The van der Waals surface area contributed by atoms with E-state index < -0.39 is 0 Å². The summed E-state index contributed by atoms with van der Waals surface area (Å²) in [4.78, 5) is 12.1. The van der Waals surface area contributed by atoms with Crippen LogP contribution in [0.4, 0.5) is 5.69 Å². The Morgan fingerprint density at radius 1 is 1.10 bits per heavy atom. The summed E-state index contributed by atoms with van der Waals surface area (Å²) in [6, 6.07) is 12.7. The molecule has 0 aliphatic heterocycles. The van der Waals surface area contributed by atoms with Crippen molar-refractivity contribution in [3.8, 4) is 5.75 Å². The summed E-state index contributed by atoms with van der Waals surface area (Å²) < 4.78 is 0. The molecule has 0 aromatic heterocycles. The molecule has 0 aliphatic carbocycles. The van der Waals surface area contributed by atoms with Crippen LogP contribution in [0, 0.1) is 6.92 Å². The standard InChI is InChI=1S/C17H19NO2/c1-11(2)13-5-7-14(8-6-13)18-17(20)15-9-4-12(3)10-16(15)19/h4-11,19H,1-3H3,(H,18,20). The van der Waals surface area contributed by atoms with E-state index in [4.69, 9.17) is 0 Å². The lowest BCUT2D eigenvalue weighted by Gasteiger charge is -2.09. The quantitative estimate of drug-likeness (QED) is 0.882. The zero-order valence-corrected chi connectivity index (χ0v) is 12.0. The lowest BCUT2D eigenvalue weighted by Crippen LogP contribution is -2.12. The van der Waals surface area contributed by atoms with Crippen LogP contribution in [0.25, 0.3) is 0 Å². The summed E-state index contributed by atoms with van der Waals surface area (Å²) in [6.45, 7) is 6.11. The zero-order valence-electron chi connectivity index (χ0n) is 12.0. The third-order valence-electron chi connectivity index (χ3n) is 3.23. The highest BCUT2D eigenvalue weighted by Gasteiger charge is 2.11. The van der Waals surface area contributed by atoms with E-state index in [2.05, 4.69) is 19.2 Å². The van der Waals surface area contributed by atoms with Gasteiger partial charge in [-0.3, -0.25) is 4.79 Å². The molecule has 0 heterocycles. The first-order valence-corrected chi connectivity index (χ1v) is 6.68. The molecule has 104 valence electrons. The summed E-state index contributed by atoms with van der Waals surface area (Å²) in [5.74, 6) is 0.155. The highest BCUT2D eigenvalue weighted by molar-refractivity contribution is 6.06. The first-order chi connectivity index (χ1) is 9.47. The van der Waals surface area contributed by atoms with Gasteiger partial charge in [0, 0.05) is 5.69 Å². The van der Waals surface area contributed by atoms with Gasteiger partial charge in [-0.15, -0.1) is 0 Å². The average Bonchev–Trinajstić information content (AvgIpc) is 2.39. The van der Waals surface area contributed by atoms with Crippen LogP contribution in [-0.4, -0.2) is 11.0 Å². The van der Waals surface area contributed by atoms with Gasteiger partial charge < -0.3 is 10.4 Å². The fourth-order valence-corrected chi connectivity index (χ4v) is 1.98. The number of aryl methyl sites for hydroxylation is 1. The van der Waals surface area contributed by atoms with Crippen molar-refractivity contribution >= 4 is 11.6 Å². The molecular formula is C17H19NO2. The second-order valence-electron chi connectivity index (χ2n) is 5.25. The van der Waals surface area contributed by atoms with Crippen molar-refractivity contribution in [2.45, 2.75) is 26.7 Å². The number of aromatic hydroxyl groups is 1. The number of rotatable bonds is 3. The second-order valence-corrected chi connectivity index (χ2v) is 5.25. The number of benzene rings is 2. The van der Waals surface area contributed by atoms with E-state index >= 15 is 0 Å². The monoisotopic (exact) mass is 269 g/mol. The number of hydrogen-bond donors (Lipinski definition) is 2. The Kier molecular flexibility index (Phi) is 4.08. The summed E-state index contributed by atoms with van der Waals surface area (Å²) in [6.07, 6.45) is 0. The average molecular weight is 269 g/mol. The molecular weight excluding hydrogens is 250 g/mol. The predicted molar refractivity (Wildman–Crippen MR) is 81.3 cm³/mol. The minimum Gasteiger partial charge on any atom is -0.507 e. The van der Waals surface area contributed by atoms with Crippen LogP contribution in [-0.2, 0) is 0 Å². The molecule has 0 saturated carbocycles. The Balaban J connectivity index is 2.15. The minimum atomic E-state index is -0.306. The van der Waals surface area contributed by atoms with Crippen molar-refractivity contribution < 1.29 is 9.90 Å². The molecule has 0 atom stereocenters. The lowest BCUT2D eigenvalue weighted by atomic mass is 10.0. The summed E-state index contributed by atoms with van der Waals surface area (Å²) in [5, 5.41) is 12.6. The fraction of sp³-hybridized carbons (Fsp3) is 0.235. The van der Waals surface area contributed by atoms with E-state index in [1.54, 1.807) is 18.2 Å². The Morgan fingerprint density at radius 3 is 2.30 bits per heavy atom. The van der Waals surface area contributed by atoms with Crippen LogP contribution in [0.5, 0.6) is 5.75 Å². The van der Waals surface area contributed by atoms with Gasteiger partial charge in [-0.25, -0.2) is 0 Å². The van der Waals surface area contributed by atoms with Crippen LogP contribution < -0.4 is 5.32 Å². The van der Waals surface area contributed by atoms with Crippen LogP contribution in [0.1, 0.15) is 41.3 Å². The molecule has 0 fully saturated rings. The Labute approximate surface area is 119 Å². The van der Waals surface area contributed by atoms with Crippen LogP contribution in [0.15, 0.2) is 42.5 Å². The Hall–Kier alpha value is -2.29. The molecule has 2 aromatic rings. The lowest BCUT2D eigenvalue weighted by molar-refractivity contribution is 0.102. The van der Waals surface area contributed by atoms with Crippen molar-refractivity contribution in [3.63, 3.8) is 0 Å². The number of phenols is 1. The van der Waals surface area contributed by atoms with Crippen LogP contribution in [0.2, 0.25) is 0 Å². The minimum absolute atomic E-state index is 0.00120. The number of anilines is 1. The molecule has 2 N–H and O–H groups in total. The molecule has 3 nitrogen and oxygen atoms in total. The number of carbonyl (C=O) groups excluding carboxylic acids is 1. The van der Waals surface area contributed by atoms with Crippen molar-refractivity contribution in [1.29, 1.82) is 0 Å². The number of hydrogen-bond acceptors (Lipinski definition) is 2. The molecule has 0 unspecified atom stereocenters. The number of carbonyl (C=O) groups is 1. The zero-order chi connectivity index (χ0) is 14.7. The van der Waals surface area contributed by atoms with Gasteiger partial charge in [-0.05, 0) is 48.2 Å². The second kappa shape index (κ2) is 5.78. The van der Waals surface area contributed by atoms with Gasteiger partial charge in [-0.1, -0.05) is 32.0 Å². The molecule has 0 radical (unpaired) electrons. The largest absolute Gasteiger partial charge is 0.507 e. The van der Waals surface area contributed by atoms with Gasteiger partial charge in [0.2, 0.25) is 0 Å². The highest BCUT2D eigenvalue weighted by atomic mass is 16.3. The van der Waals surface area contributed by atoms with Crippen molar-refractivity contribution in [2.75, 3.05) is 5.32 Å². The SMILES string of the molecule is Cc1ccc(C(=O)Nc2ccc(C(C)C)cc2)c(O)c1. The van der Waals surface area contributed by atoms with E-state index in [0.29, 0.717) is 5.92 Å². The van der Waals surface area contributed by atoms with E-state index in [9.17, 15) is 9.90 Å². The molecule has 3 heteroatoms. The van der Waals surface area contributed by atoms with Gasteiger partial charge in [0.05, 0.1) is 5.56 Å². The Morgan fingerprint density at radius 2 is 1.75 bits per heavy atom. The van der Waals surface area contributed by atoms with E-state index in [1.807, 2.05) is 31.2 Å². The maximum atomic E-state index is 12.1. The van der Waals surface area contributed by atoms with Crippen molar-refractivity contribution in [3.05, 3.63) is 59.2 Å². The fourth-order valence-electron chi connectivity index (χ4n) is 1.98. The number of nitrogens with one attached hydrogen (secondary N) is 1. The maximum Gasteiger partial charge on any atom is 0.259 e. The molecule has 0 bridgehead atoms. The van der Waals surface area contributed by atoms with Gasteiger partial charge in [0.15, 0.2) is 0 Å². The first-order valence-electron chi connectivity index (χ1n) is 6.68. The summed E-state index contributed by atoms with van der Waals surface area (Å²) >= 11 is 0. The van der Waals surface area contributed by atoms with E-state index in [1.165, 1.54) is 5.56 Å². The molecule has 0 aliphatic rings. The van der Waals surface area contributed by atoms with Gasteiger partial charge in [-0.2, -0.15) is 0 Å². The van der Waals surface area contributed by atoms with Crippen LogP contribution in [0.3, 0.4) is 0 Å². The smallest absolute Gasteiger partial charge is 0.259 e. The third kappa shape index (κ3) is 3.18. The summed E-state index contributed by atoms with van der Waals surface area (Å²) in [5.41, 5.74) is 3.14. The molecule has 0 spiro atoms. The van der Waals surface area contributed by atoms with Crippen molar-refractivity contribution in [1.82, 2.24) is 0 Å². The topological polar surface area (TPSA) is 49.3 Å². The Bertz CT molecular complexity index is 615. The first kappa shape index (κ1) is 14.1. The predicted octanol–water partition coefficient (Wildman–Crippen LogP) is 4.08. The van der Waals surface area contributed by atoms with E-state index in [0.717, 1.165) is 11.3 Å². The summed E-state index contributed by atoms with van der Waals surface area (Å²) in [7, 11) is 0. The molecule has 2 aromatic carbocycles. The molecule has 1 amide bonds. The number of amides is 1. The van der Waals surface area contributed by atoms with Gasteiger partial charge in [0.1, 0.15) is 5.75 Å². The van der Waals surface area contributed by atoms with E-state index in [-0.39, 0.29) is 17.2 Å². The molecule has 2 rings (SSSR count). The van der Waals surface area contributed by atoms with Crippen molar-refractivity contribution in [2.24, 2.45) is 0 Å². The molecule has 20 heavy (non-hydrogen) atoms. The third-order valence-corrected chi connectivity index (χ3v) is 3.23. The molecule has 0 saturated heterocycles. The normalized spacial score (nSPS) is 10.6. The highest BCUT2D eigenvalue weighted by Crippen LogP contribution is 2.21. The van der Waals surface area contributed by atoms with Crippen LogP contribution >= 0.6 is 0 Å². The number of phenolic OH excluding ortho intramolecular Hbond substituents is 1. The van der Waals surface area contributed by atoms with Gasteiger partial charge >= 0.3 is 0 Å².